The molecule has 0 aliphatic carbocycles. The maximum absolute atomic E-state index is 5.44. The van der Waals surface area contributed by atoms with Gasteiger partial charge in [0.2, 0.25) is 0 Å². The molecule has 1 N–H and O–H groups in total. The van der Waals surface area contributed by atoms with Crippen molar-refractivity contribution >= 4 is 10.9 Å². The van der Waals surface area contributed by atoms with Gasteiger partial charge in [0.1, 0.15) is 0 Å². The second-order valence-corrected chi connectivity index (χ2v) is 6.12. The van der Waals surface area contributed by atoms with E-state index in [9.17, 15) is 0 Å². The van der Waals surface area contributed by atoms with Gasteiger partial charge >= 0.3 is 0 Å². The molecule has 4 rings (SSSR count). The molecule has 1 aliphatic heterocycles. The molecule has 2 aromatic carbocycles. The second-order valence-electron chi connectivity index (χ2n) is 6.12. The van der Waals surface area contributed by atoms with Gasteiger partial charge in [-0.1, -0.05) is 30.3 Å². The highest BCUT2D eigenvalue weighted by Gasteiger charge is 2.18. The van der Waals surface area contributed by atoms with Gasteiger partial charge in [-0.2, -0.15) is 5.10 Å². The van der Waals surface area contributed by atoms with Crippen molar-refractivity contribution < 1.29 is 4.74 Å². The molecule has 0 spiro atoms. The average Bonchev–Trinajstić information content (AvgIpc) is 3.10. The number of morpholine rings is 1. The van der Waals surface area contributed by atoms with Crippen molar-refractivity contribution in [3.05, 3.63) is 54.2 Å². The number of fused-ring (bicyclic) bond motifs is 1. The highest BCUT2D eigenvalue weighted by molar-refractivity contribution is 5.83. The monoisotopic (exact) mass is 307 g/mol. The number of ether oxygens (including phenoxy) is 1. The molecule has 118 valence electrons. The van der Waals surface area contributed by atoms with Gasteiger partial charge in [0.15, 0.2) is 0 Å². The topological polar surface area (TPSA) is 41.2 Å². The van der Waals surface area contributed by atoms with Gasteiger partial charge in [0.05, 0.1) is 24.9 Å². The van der Waals surface area contributed by atoms with Crippen molar-refractivity contribution in [1.29, 1.82) is 0 Å². The molecule has 4 nitrogen and oxygen atoms in total. The lowest BCUT2D eigenvalue weighted by Gasteiger charge is -2.32. The summed E-state index contributed by atoms with van der Waals surface area (Å²) in [5.74, 6) is 0. The van der Waals surface area contributed by atoms with E-state index < -0.39 is 0 Å². The fraction of sp³-hybridized carbons (Fsp3) is 0.316. The summed E-state index contributed by atoms with van der Waals surface area (Å²) in [5.41, 5.74) is 4.90. The Labute approximate surface area is 136 Å². The van der Waals surface area contributed by atoms with Gasteiger partial charge in [-0.05, 0) is 35.7 Å². The van der Waals surface area contributed by atoms with Crippen LogP contribution in [0.1, 0.15) is 18.5 Å². The van der Waals surface area contributed by atoms with E-state index in [1.807, 2.05) is 6.20 Å². The third-order valence-electron chi connectivity index (χ3n) is 4.76. The number of nitrogens with zero attached hydrogens (tertiary/aromatic N) is 2. The molecule has 1 atom stereocenters. The molecule has 1 aromatic heterocycles. The van der Waals surface area contributed by atoms with Crippen molar-refractivity contribution in [3.63, 3.8) is 0 Å². The lowest BCUT2D eigenvalue weighted by Crippen LogP contribution is -2.37. The molecule has 2 heterocycles. The maximum atomic E-state index is 5.44. The minimum Gasteiger partial charge on any atom is -0.379 e. The number of aromatic nitrogens is 2. The Morgan fingerprint density at radius 2 is 1.78 bits per heavy atom. The molecule has 0 saturated carbocycles. The van der Waals surface area contributed by atoms with Crippen LogP contribution < -0.4 is 0 Å². The maximum Gasteiger partial charge on any atom is 0.0650 e. The molecule has 0 bridgehead atoms. The molecule has 0 unspecified atom stereocenters. The molecule has 3 aromatic rings. The van der Waals surface area contributed by atoms with Gasteiger partial charge in [0, 0.05) is 24.5 Å². The first-order valence-corrected chi connectivity index (χ1v) is 8.16. The van der Waals surface area contributed by atoms with Crippen LogP contribution in [0.4, 0.5) is 0 Å². The van der Waals surface area contributed by atoms with Crippen LogP contribution in [0.5, 0.6) is 0 Å². The van der Waals surface area contributed by atoms with Crippen LogP contribution in [0.15, 0.2) is 48.7 Å². The predicted octanol–water partition coefficient (Wildman–Crippen LogP) is 3.62. The van der Waals surface area contributed by atoms with Crippen LogP contribution in [-0.2, 0) is 4.74 Å². The number of H-pyrrole nitrogens is 1. The Balaban J connectivity index is 1.57. The summed E-state index contributed by atoms with van der Waals surface area (Å²) >= 11 is 0. The molecular weight excluding hydrogens is 286 g/mol. The van der Waals surface area contributed by atoms with Crippen molar-refractivity contribution in [3.8, 4) is 11.1 Å². The van der Waals surface area contributed by atoms with E-state index in [4.69, 9.17) is 4.74 Å². The van der Waals surface area contributed by atoms with Crippen LogP contribution in [0.3, 0.4) is 0 Å². The third kappa shape index (κ3) is 2.87. The minimum absolute atomic E-state index is 0.435. The highest BCUT2D eigenvalue weighted by atomic mass is 16.5. The van der Waals surface area contributed by atoms with Gasteiger partial charge < -0.3 is 4.74 Å². The number of nitrogens with one attached hydrogen (secondary N) is 1. The van der Waals surface area contributed by atoms with Crippen LogP contribution in [0.25, 0.3) is 22.0 Å². The minimum atomic E-state index is 0.435. The summed E-state index contributed by atoms with van der Waals surface area (Å²) in [6.07, 6.45) is 1.87. The zero-order chi connectivity index (χ0) is 15.6. The summed E-state index contributed by atoms with van der Waals surface area (Å²) in [6, 6.07) is 15.8. The Kier molecular flexibility index (Phi) is 3.85. The fourth-order valence-corrected chi connectivity index (χ4v) is 3.25. The molecule has 1 aliphatic rings. The lowest BCUT2D eigenvalue weighted by molar-refractivity contribution is 0.0198. The zero-order valence-electron chi connectivity index (χ0n) is 13.3. The number of hydrogen-bond acceptors (Lipinski definition) is 3. The molecule has 0 radical (unpaired) electrons. The van der Waals surface area contributed by atoms with Crippen molar-refractivity contribution in [2.75, 3.05) is 26.3 Å². The Morgan fingerprint density at radius 1 is 1.04 bits per heavy atom. The van der Waals surface area contributed by atoms with E-state index in [1.165, 1.54) is 16.7 Å². The van der Waals surface area contributed by atoms with E-state index in [0.29, 0.717) is 6.04 Å². The summed E-state index contributed by atoms with van der Waals surface area (Å²) in [7, 11) is 0. The van der Waals surface area contributed by atoms with E-state index in [0.717, 1.165) is 37.2 Å². The molecule has 23 heavy (non-hydrogen) atoms. The van der Waals surface area contributed by atoms with Crippen LogP contribution in [-0.4, -0.2) is 41.4 Å². The van der Waals surface area contributed by atoms with E-state index >= 15 is 0 Å². The fourth-order valence-electron chi connectivity index (χ4n) is 3.25. The standard InChI is InChI=1S/C19H21N3O/c1-14(22-8-10-23-11-9-22)15-2-4-16(5-3-15)17-6-7-19-18(12-17)13-20-21-19/h2-7,12-14H,8-11H2,1H3,(H,20,21)/t14-/m0/s1. The Bertz CT molecular complexity index is 788. The summed E-state index contributed by atoms with van der Waals surface area (Å²) < 4.78 is 5.44. The molecule has 0 amide bonds. The normalized spacial score (nSPS) is 17.4. The number of aromatic amines is 1. The molecular formula is C19H21N3O. The molecule has 1 fully saturated rings. The first-order valence-electron chi connectivity index (χ1n) is 8.16. The Morgan fingerprint density at radius 3 is 2.57 bits per heavy atom. The first-order chi connectivity index (χ1) is 11.3. The van der Waals surface area contributed by atoms with Crippen molar-refractivity contribution in [2.45, 2.75) is 13.0 Å². The van der Waals surface area contributed by atoms with Crippen LogP contribution >= 0.6 is 0 Å². The molecule has 1 saturated heterocycles. The van der Waals surface area contributed by atoms with Gasteiger partial charge in [-0.15, -0.1) is 0 Å². The number of benzene rings is 2. The lowest BCUT2D eigenvalue weighted by atomic mass is 10.00. The van der Waals surface area contributed by atoms with Crippen LogP contribution in [0.2, 0.25) is 0 Å². The van der Waals surface area contributed by atoms with Crippen molar-refractivity contribution in [1.82, 2.24) is 15.1 Å². The summed E-state index contributed by atoms with van der Waals surface area (Å²) in [6.45, 7) is 5.98. The zero-order valence-corrected chi connectivity index (χ0v) is 13.3. The van der Waals surface area contributed by atoms with E-state index in [2.05, 4.69) is 64.5 Å². The number of rotatable bonds is 3. The quantitative estimate of drug-likeness (QED) is 0.803. The summed E-state index contributed by atoms with van der Waals surface area (Å²) in [5, 5.41) is 8.22. The SMILES string of the molecule is C[C@@H](c1ccc(-c2ccc3[nH]ncc3c2)cc1)N1CCOCC1. The second kappa shape index (κ2) is 6.14. The summed E-state index contributed by atoms with van der Waals surface area (Å²) in [4.78, 5) is 2.48. The van der Waals surface area contributed by atoms with E-state index in [-0.39, 0.29) is 0 Å². The van der Waals surface area contributed by atoms with Gasteiger partial charge in [-0.3, -0.25) is 10.00 Å². The third-order valence-corrected chi connectivity index (χ3v) is 4.76. The largest absolute Gasteiger partial charge is 0.379 e. The molecule has 4 heteroatoms. The first kappa shape index (κ1) is 14.4. The van der Waals surface area contributed by atoms with Gasteiger partial charge in [0.25, 0.3) is 0 Å². The predicted molar refractivity (Wildman–Crippen MR) is 92.3 cm³/mol. The van der Waals surface area contributed by atoms with E-state index in [1.54, 1.807) is 0 Å². The van der Waals surface area contributed by atoms with Crippen LogP contribution in [0, 0.1) is 0 Å². The number of hydrogen-bond donors (Lipinski definition) is 1. The van der Waals surface area contributed by atoms with Gasteiger partial charge in [-0.25, -0.2) is 0 Å². The smallest absolute Gasteiger partial charge is 0.0650 e. The van der Waals surface area contributed by atoms with Crippen molar-refractivity contribution in [2.24, 2.45) is 0 Å². The highest BCUT2D eigenvalue weighted by Crippen LogP contribution is 2.27. The average molecular weight is 307 g/mol. The Hall–Kier alpha value is -2.17.